The van der Waals surface area contributed by atoms with E-state index < -0.39 is 0 Å². The van der Waals surface area contributed by atoms with Crippen molar-refractivity contribution in [3.8, 4) is 0 Å². The third-order valence-electron chi connectivity index (χ3n) is 1.97. The highest BCUT2D eigenvalue weighted by Gasteiger charge is 1.97. The van der Waals surface area contributed by atoms with E-state index in [4.69, 9.17) is 11.1 Å². The Labute approximate surface area is 95.0 Å². The van der Waals surface area contributed by atoms with E-state index in [1.165, 1.54) is 17.3 Å². The van der Waals surface area contributed by atoms with Crippen LogP contribution in [0.5, 0.6) is 0 Å². The van der Waals surface area contributed by atoms with Crippen molar-refractivity contribution < 1.29 is 0 Å². The molecule has 0 fully saturated rings. The zero-order valence-corrected chi connectivity index (χ0v) is 9.73. The van der Waals surface area contributed by atoms with E-state index in [9.17, 15) is 0 Å². The van der Waals surface area contributed by atoms with Gasteiger partial charge in [-0.1, -0.05) is 43.0 Å². The molecular formula is C11H17N3S. The minimum absolute atomic E-state index is 0.524. The summed E-state index contributed by atoms with van der Waals surface area (Å²) in [4.78, 5) is 0. The number of amidine groups is 1. The van der Waals surface area contributed by atoms with E-state index in [1.54, 1.807) is 0 Å². The van der Waals surface area contributed by atoms with Crippen LogP contribution in [0, 0.1) is 5.41 Å². The maximum atomic E-state index is 7.56. The summed E-state index contributed by atoms with van der Waals surface area (Å²) in [7, 11) is 0. The van der Waals surface area contributed by atoms with E-state index in [0.29, 0.717) is 18.3 Å². The summed E-state index contributed by atoms with van der Waals surface area (Å²) >= 11 is 1.51. The summed E-state index contributed by atoms with van der Waals surface area (Å²) in [5.74, 6) is 0.925. The highest BCUT2D eigenvalue weighted by atomic mass is 32.2. The molecule has 4 heteroatoms. The van der Waals surface area contributed by atoms with Gasteiger partial charge < -0.3 is 11.1 Å². The Kier molecular flexibility index (Phi) is 5.21. The first-order valence-corrected chi connectivity index (χ1v) is 5.98. The van der Waals surface area contributed by atoms with Crippen LogP contribution in [0.3, 0.4) is 0 Å². The van der Waals surface area contributed by atoms with Gasteiger partial charge in [-0.3, -0.25) is 5.41 Å². The number of hydrogen-bond acceptors (Lipinski definition) is 3. The fraction of sp³-hybridized carbons (Fsp3) is 0.364. The Balaban J connectivity index is 2.46. The van der Waals surface area contributed by atoms with E-state index >= 15 is 0 Å². The molecule has 0 bridgehead atoms. The monoisotopic (exact) mass is 223 g/mol. The SMILES string of the molecule is CCSC(=N)NCc1cccc(CN)c1. The van der Waals surface area contributed by atoms with Crippen LogP contribution in [0.1, 0.15) is 18.1 Å². The second-order valence-corrected chi connectivity index (χ2v) is 4.41. The van der Waals surface area contributed by atoms with Crippen molar-refractivity contribution in [2.24, 2.45) is 5.73 Å². The molecule has 0 saturated heterocycles. The van der Waals surface area contributed by atoms with Crippen molar-refractivity contribution >= 4 is 16.9 Å². The lowest BCUT2D eigenvalue weighted by Crippen LogP contribution is -2.19. The van der Waals surface area contributed by atoms with Crippen LogP contribution in [-0.2, 0) is 13.1 Å². The Bertz CT molecular complexity index is 325. The molecule has 0 heterocycles. The van der Waals surface area contributed by atoms with Crippen molar-refractivity contribution in [2.75, 3.05) is 5.75 Å². The second kappa shape index (κ2) is 6.48. The molecule has 82 valence electrons. The standard InChI is InChI=1S/C11H17N3S/c1-2-15-11(13)14-8-10-5-3-4-9(6-10)7-12/h3-6H,2,7-8,12H2,1H3,(H2,13,14). The third kappa shape index (κ3) is 4.36. The molecular weight excluding hydrogens is 206 g/mol. The average Bonchev–Trinajstić information content (AvgIpc) is 2.27. The molecule has 0 atom stereocenters. The predicted octanol–water partition coefficient (Wildman–Crippen LogP) is 1.92. The molecule has 1 rings (SSSR count). The fourth-order valence-corrected chi connectivity index (χ4v) is 1.71. The summed E-state index contributed by atoms with van der Waals surface area (Å²) in [6, 6.07) is 8.11. The van der Waals surface area contributed by atoms with Crippen molar-refractivity contribution in [1.82, 2.24) is 5.32 Å². The first-order chi connectivity index (χ1) is 7.26. The normalized spacial score (nSPS) is 10.0. The van der Waals surface area contributed by atoms with Gasteiger partial charge in [0.15, 0.2) is 5.17 Å². The van der Waals surface area contributed by atoms with Gasteiger partial charge in [0.25, 0.3) is 0 Å². The van der Waals surface area contributed by atoms with E-state index in [2.05, 4.69) is 11.4 Å². The van der Waals surface area contributed by atoms with Crippen LogP contribution in [0.25, 0.3) is 0 Å². The second-order valence-electron chi connectivity index (χ2n) is 3.14. The highest BCUT2D eigenvalue weighted by Crippen LogP contribution is 2.05. The molecule has 15 heavy (non-hydrogen) atoms. The Morgan fingerprint density at radius 3 is 2.87 bits per heavy atom. The molecule has 0 spiro atoms. The van der Waals surface area contributed by atoms with Gasteiger partial charge in [0.1, 0.15) is 0 Å². The van der Waals surface area contributed by atoms with Crippen molar-refractivity contribution in [3.05, 3.63) is 35.4 Å². The molecule has 0 aliphatic heterocycles. The van der Waals surface area contributed by atoms with Gasteiger partial charge in [-0.15, -0.1) is 0 Å². The number of rotatable bonds is 4. The molecule has 1 aromatic carbocycles. The zero-order valence-electron chi connectivity index (χ0n) is 8.92. The first kappa shape index (κ1) is 12.1. The average molecular weight is 223 g/mol. The number of nitrogens with two attached hydrogens (primary N) is 1. The summed E-state index contributed by atoms with van der Waals surface area (Å²) < 4.78 is 0. The molecule has 0 saturated carbocycles. The van der Waals surface area contributed by atoms with Crippen LogP contribution >= 0.6 is 11.8 Å². The summed E-state index contributed by atoms with van der Waals surface area (Å²) in [6.07, 6.45) is 0. The number of benzene rings is 1. The molecule has 0 amide bonds. The lowest BCUT2D eigenvalue weighted by atomic mass is 10.1. The van der Waals surface area contributed by atoms with Crippen LogP contribution in [-0.4, -0.2) is 10.9 Å². The van der Waals surface area contributed by atoms with E-state index in [-0.39, 0.29) is 0 Å². The van der Waals surface area contributed by atoms with Gasteiger partial charge in [-0.05, 0) is 16.9 Å². The quantitative estimate of drug-likeness (QED) is 0.540. The molecule has 0 unspecified atom stereocenters. The van der Waals surface area contributed by atoms with Crippen LogP contribution in [0.4, 0.5) is 0 Å². The molecule has 0 aromatic heterocycles. The molecule has 4 N–H and O–H groups in total. The summed E-state index contributed by atoms with van der Waals surface area (Å²) in [5.41, 5.74) is 7.85. The molecule has 0 aliphatic rings. The Morgan fingerprint density at radius 1 is 1.47 bits per heavy atom. The van der Waals surface area contributed by atoms with Gasteiger partial charge >= 0.3 is 0 Å². The predicted molar refractivity (Wildman–Crippen MR) is 67.0 cm³/mol. The summed E-state index contributed by atoms with van der Waals surface area (Å²) in [5, 5.41) is 11.1. The van der Waals surface area contributed by atoms with Gasteiger partial charge in [-0.2, -0.15) is 0 Å². The van der Waals surface area contributed by atoms with E-state index in [1.807, 2.05) is 25.1 Å². The topological polar surface area (TPSA) is 61.9 Å². The Morgan fingerprint density at radius 2 is 2.20 bits per heavy atom. The smallest absolute Gasteiger partial charge is 0.153 e. The van der Waals surface area contributed by atoms with Crippen LogP contribution in [0.15, 0.2) is 24.3 Å². The first-order valence-electron chi connectivity index (χ1n) is 4.99. The minimum Gasteiger partial charge on any atom is -0.361 e. The fourth-order valence-electron chi connectivity index (χ4n) is 1.24. The molecule has 3 nitrogen and oxygen atoms in total. The van der Waals surface area contributed by atoms with E-state index in [0.717, 1.165) is 11.3 Å². The van der Waals surface area contributed by atoms with Crippen molar-refractivity contribution in [1.29, 1.82) is 5.41 Å². The molecule has 0 aliphatic carbocycles. The highest BCUT2D eigenvalue weighted by molar-refractivity contribution is 8.13. The van der Waals surface area contributed by atoms with Crippen molar-refractivity contribution in [2.45, 2.75) is 20.0 Å². The largest absolute Gasteiger partial charge is 0.361 e. The molecule has 1 aromatic rings. The number of hydrogen-bond donors (Lipinski definition) is 3. The van der Waals surface area contributed by atoms with Gasteiger partial charge in [0.2, 0.25) is 0 Å². The molecule has 0 radical (unpaired) electrons. The van der Waals surface area contributed by atoms with Crippen LogP contribution in [0.2, 0.25) is 0 Å². The zero-order chi connectivity index (χ0) is 11.1. The maximum Gasteiger partial charge on any atom is 0.153 e. The van der Waals surface area contributed by atoms with Gasteiger partial charge in [-0.25, -0.2) is 0 Å². The van der Waals surface area contributed by atoms with Crippen molar-refractivity contribution in [3.63, 3.8) is 0 Å². The summed E-state index contributed by atoms with van der Waals surface area (Å²) in [6.45, 7) is 3.30. The lowest BCUT2D eigenvalue weighted by Gasteiger charge is -2.07. The van der Waals surface area contributed by atoms with Gasteiger partial charge in [0, 0.05) is 13.1 Å². The lowest BCUT2D eigenvalue weighted by molar-refractivity contribution is 0.915. The number of nitrogens with one attached hydrogen (secondary N) is 2. The Hall–Kier alpha value is -1.00. The van der Waals surface area contributed by atoms with Gasteiger partial charge in [0.05, 0.1) is 0 Å². The third-order valence-corrected chi connectivity index (χ3v) is 2.69. The number of thioether (sulfide) groups is 1. The minimum atomic E-state index is 0.524. The maximum absolute atomic E-state index is 7.56. The van der Waals surface area contributed by atoms with Crippen LogP contribution < -0.4 is 11.1 Å².